The zero-order chi connectivity index (χ0) is 22.3. The van der Waals surface area contributed by atoms with Gasteiger partial charge >= 0.3 is 0 Å². The number of carbonyl (C=O) groups excluding carboxylic acids is 1. The molecule has 0 atom stereocenters. The topological polar surface area (TPSA) is 63.1 Å². The molecule has 0 unspecified atom stereocenters. The fraction of sp³-hybridized carbons (Fsp3) is 0.375. The second-order valence-corrected chi connectivity index (χ2v) is 8.86. The number of hydrogen-bond acceptors (Lipinski definition) is 5. The van der Waals surface area contributed by atoms with Gasteiger partial charge in [0.05, 0.1) is 17.9 Å². The molecule has 1 saturated heterocycles. The van der Waals surface area contributed by atoms with Crippen LogP contribution in [0.5, 0.6) is 0 Å². The van der Waals surface area contributed by atoms with Crippen molar-refractivity contribution in [3.8, 4) is 11.4 Å². The van der Waals surface area contributed by atoms with E-state index in [1.807, 2.05) is 34.9 Å². The first-order chi connectivity index (χ1) is 15.6. The van der Waals surface area contributed by atoms with Crippen LogP contribution >= 0.6 is 11.8 Å². The van der Waals surface area contributed by atoms with E-state index in [0.717, 1.165) is 38.0 Å². The summed E-state index contributed by atoms with van der Waals surface area (Å²) >= 11 is 1.33. The van der Waals surface area contributed by atoms with Gasteiger partial charge in [0, 0.05) is 19.1 Å². The van der Waals surface area contributed by atoms with Crippen LogP contribution in [0.3, 0.4) is 0 Å². The van der Waals surface area contributed by atoms with Gasteiger partial charge < -0.3 is 10.2 Å². The Morgan fingerprint density at radius 2 is 1.81 bits per heavy atom. The van der Waals surface area contributed by atoms with E-state index in [4.69, 9.17) is 0 Å². The molecule has 1 aliphatic rings. The molecule has 32 heavy (non-hydrogen) atoms. The van der Waals surface area contributed by atoms with Crippen molar-refractivity contribution in [2.24, 2.45) is 0 Å². The van der Waals surface area contributed by atoms with E-state index in [0.29, 0.717) is 23.1 Å². The number of benzene rings is 2. The van der Waals surface area contributed by atoms with E-state index in [9.17, 15) is 9.18 Å². The van der Waals surface area contributed by atoms with Gasteiger partial charge in [-0.15, -0.1) is 10.2 Å². The van der Waals surface area contributed by atoms with Crippen molar-refractivity contribution in [1.29, 1.82) is 0 Å². The fourth-order valence-corrected chi connectivity index (χ4v) is 4.69. The van der Waals surface area contributed by atoms with Crippen LogP contribution in [0.2, 0.25) is 0 Å². The first-order valence-corrected chi connectivity index (χ1v) is 12.0. The van der Waals surface area contributed by atoms with Gasteiger partial charge in [-0.25, -0.2) is 4.39 Å². The average molecular weight is 454 g/mol. The smallest absolute Gasteiger partial charge is 0.230 e. The molecule has 0 bridgehead atoms. The number of nitrogens with one attached hydrogen (secondary N) is 1. The van der Waals surface area contributed by atoms with Gasteiger partial charge in [0.2, 0.25) is 5.91 Å². The first kappa shape index (κ1) is 22.5. The molecule has 1 fully saturated rings. The van der Waals surface area contributed by atoms with Crippen LogP contribution in [0.15, 0.2) is 59.8 Å². The molecule has 8 heteroatoms. The SMILES string of the molecule is CCN1CCC(NC(=O)CSc2nnc(-c3ccccc3F)n2Cc2ccccc2)CC1. The summed E-state index contributed by atoms with van der Waals surface area (Å²) in [6.07, 6.45) is 1.96. The van der Waals surface area contributed by atoms with Crippen LogP contribution in [-0.2, 0) is 11.3 Å². The van der Waals surface area contributed by atoms with Crippen molar-refractivity contribution < 1.29 is 9.18 Å². The quantitative estimate of drug-likeness (QED) is 0.526. The molecule has 2 heterocycles. The van der Waals surface area contributed by atoms with Gasteiger partial charge in [-0.05, 0) is 37.1 Å². The number of amides is 1. The Morgan fingerprint density at radius 1 is 1.09 bits per heavy atom. The lowest BCUT2D eigenvalue weighted by Gasteiger charge is -2.31. The van der Waals surface area contributed by atoms with Crippen molar-refractivity contribution in [2.75, 3.05) is 25.4 Å². The molecule has 0 spiro atoms. The Morgan fingerprint density at radius 3 is 2.53 bits per heavy atom. The molecule has 3 aromatic rings. The lowest BCUT2D eigenvalue weighted by atomic mass is 10.1. The number of nitrogens with zero attached hydrogens (tertiary/aromatic N) is 4. The monoisotopic (exact) mass is 453 g/mol. The zero-order valence-electron chi connectivity index (χ0n) is 18.2. The van der Waals surface area contributed by atoms with Gasteiger partial charge in [-0.3, -0.25) is 9.36 Å². The summed E-state index contributed by atoms with van der Waals surface area (Å²) in [6, 6.07) is 16.7. The van der Waals surface area contributed by atoms with Gasteiger partial charge in [-0.1, -0.05) is 61.2 Å². The first-order valence-electron chi connectivity index (χ1n) is 11.0. The van der Waals surface area contributed by atoms with Crippen LogP contribution < -0.4 is 5.32 Å². The Bertz CT molecular complexity index is 1030. The second kappa shape index (κ2) is 10.7. The summed E-state index contributed by atoms with van der Waals surface area (Å²) in [5.41, 5.74) is 1.45. The van der Waals surface area contributed by atoms with E-state index in [2.05, 4.69) is 27.3 Å². The number of likely N-dealkylation sites (tertiary alicyclic amines) is 1. The van der Waals surface area contributed by atoms with Crippen molar-refractivity contribution >= 4 is 17.7 Å². The van der Waals surface area contributed by atoms with E-state index in [1.165, 1.54) is 17.8 Å². The van der Waals surface area contributed by atoms with E-state index < -0.39 is 0 Å². The molecule has 1 aromatic heterocycles. The number of hydrogen-bond donors (Lipinski definition) is 1. The van der Waals surface area contributed by atoms with Gasteiger partial charge in [0.15, 0.2) is 11.0 Å². The van der Waals surface area contributed by atoms with Crippen molar-refractivity contribution in [1.82, 2.24) is 25.0 Å². The molecule has 1 amide bonds. The molecule has 0 radical (unpaired) electrons. The van der Waals surface area contributed by atoms with E-state index in [-0.39, 0.29) is 23.5 Å². The van der Waals surface area contributed by atoms with Gasteiger partial charge in [-0.2, -0.15) is 0 Å². The molecule has 0 saturated carbocycles. The minimum absolute atomic E-state index is 0.00773. The summed E-state index contributed by atoms with van der Waals surface area (Å²) in [5, 5.41) is 12.3. The largest absolute Gasteiger partial charge is 0.353 e. The molecular weight excluding hydrogens is 425 g/mol. The summed E-state index contributed by atoms with van der Waals surface area (Å²) in [7, 11) is 0. The minimum Gasteiger partial charge on any atom is -0.353 e. The number of halogens is 1. The van der Waals surface area contributed by atoms with Crippen molar-refractivity contribution in [2.45, 2.75) is 37.5 Å². The number of piperidine rings is 1. The third kappa shape index (κ3) is 5.55. The van der Waals surface area contributed by atoms with Crippen molar-refractivity contribution in [3.63, 3.8) is 0 Å². The normalized spacial score (nSPS) is 15.1. The molecule has 0 aliphatic carbocycles. The highest BCUT2D eigenvalue weighted by atomic mass is 32.2. The zero-order valence-corrected chi connectivity index (χ0v) is 19.0. The highest BCUT2D eigenvalue weighted by Crippen LogP contribution is 2.27. The minimum atomic E-state index is -0.345. The average Bonchev–Trinajstić information content (AvgIpc) is 3.21. The summed E-state index contributed by atoms with van der Waals surface area (Å²) in [5.74, 6) is 0.355. The molecular formula is C24H28FN5OS. The van der Waals surface area contributed by atoms with Crippen LogP contribution in [0.1, 0.15) is 25.3 Å². The Labute approximate surface area is 192 Å². The Balaban J connectivity index is 1.47. The Hall–Kier alpha value is -2.71. The van der Waals surface area contributed by atoms with Crippen LogP contribution in [0, 0.1) is 5.82 Å². The second-order valence-electron chi connectivity index (χ2n) is 7.92. The lowest BCUT2D eigenvalue weighted by Crippen LogP contribution is -2.45. The van der Waals surface area contributed by atoms with Crippen LogP contribution in [0.25, 0.3) is 11.4 Å². The van der Waals surface area contributed by atoms with E-state index >= 15 is 0 Å². The Kier molecular flexibility index (Phi) is 7.55. The summed E-state index contributed by atoms with van der Waals surface area (Å²) in [6.45, 7) is 5.75. The number of rotatable bonds is 8. The van der Waals surface area contributed by atoms with Gasteiger partial charge in [0.25, 0.3) is 0 Å². The molecule has 168 valence electrons. The van der Waals surface area contributed by atoms with E-state index in [1.54, 1.807) is 18.2 Å². The molecule has 2 aromatic carbocycles. The highest BCUT2D eigenvalue weighted by Gasteiger charge is 2.21. The third-order valence-corrected chi connectivity index (χ3v) is 6.71. The summed E-state index contributed by atoms with van der Waals surface area (Å²) < 4.78 is 16.4. The summed E-state index contributed by atoms with van der Waals surface area (Å²) in [4.78, 5) is 15.0. The molecule has 4 rings (SSSR count). The third-order valence-electron chi connectivity index (χ3n) is 5.75. The molecule has 1 aliphatic heterocycles. The fourth-order valence-electron chi connectivity index (χ4n) is 3.94. The van der Waals surface area contributed by atoms with Crippen LogP contribution in [-0.4, -0.2) is 57.0 Å². The molecule has 1 N–H and O–H groups in total. The maximum atomic E-state index is 14.5. The maximum absolute atomic E-state index is 14.5. The number of carbonyl (C=O) groups is 1. The van der Waals surface area contributed by atoms with Crippen molar-refractivity contribution in [3.05, 3.63) is 66.0 Å². The predicted octanol–water partition coefficient (Wildman–Crippen LogP) is 3.83. The maximum Gasteiger partial charge on any atom is 0.230 e. The number of thioether (sulfide) groups is 1. The standard InChI is InChI=1S/C24H28FN5OS/c1-2-29-14-12-19(13-15-29)26-22(31)17-32-24-28-27-23(20-10-6-7-11-21(20)25)30(24)16-18-8-4-3-5-9-18/h3-11,19H,2,12-17H2,1H3,(H,26,31). The van der Waals surface area contributed by atoms with Crippen LogP contribution in [0.4, 0.5) is 4.39 Å². The highest BCUT2D eigenvalue weighted by molar-refractivity contribution is 7.99. The number of aromatic nitrogens is 3. The lowest BCUT2D eigenvalue weighted by molar-refractivity contribution is -0.119. The van der Waals surface area contributed by atoms with Gasteiger partial charge in [0.1, 0.15) is 5.82 Å². The predicted molar refractivity (Wildman–Crippen MR) is 125 cm³/mol. The molecule has 6 nitrogen and oxygen atoms in total.